The Hall–Kier alpha value is -2.26. The van der Waals surface area contributed by atoms with Crippen LogP contribution in [0.15, 0.2) is 42.5 Å². The van der Waals surface area contributed by atoms with Crippen molar-refractivity contribution in [3.05, 3.63) is 64.2 Å². The van der Waals surface area contributed by atoms with Gasteiger partial charge in [-0.05, 0) is 37.6 Å². The smallest absolute Gasteiger partial charge is 0.350 e. The van der Waals surface area contributed by atoms with E-state index < -0.39 is 38.7 Å². The summed E-state index contributed by atoms with van der Waals surface area (Å²) in [5.74, 6) is -0.652. The van der Waals surface area contributed by atoms with Crippen molar-refractivity contribution >= 4 is 33.2 Å². The van der Waals surface area contributed by atoms with Gasteiger partial charge in [0.1, 0.15) is 6.04 Å². The zero-order chi connectivity index (χ0) is 22.0. The molecule has 10 heteroatoms. The Balaban J connectivity index is 2.32. The Morgan fingerprint density at radius 1 is 1.21 bits per heavy atom. The second-order valence-corrected chi connectivity index (χ2v) is 8.87. The number of halogens is 4. The first-order valence-electron chi connectivity index (χ1n) is 8.50. The van der Waals surface area contributed by atoms with E-state index in [0.717, 1.165) is 29.5 Å². The van der Waals surface area contributed by atoms with Gasteiger partial charge in [-0.15, -0.1) is 0 Å². The van der Waals surface area contributed by atoms with Gasteiger partial charge >= 0.3 is 6.18 Å². The molecule has 0 aliphatic rings. The molecule has 0 heterocycles. The van der Waals surface area contributed by atoms with E-state index in [-0.39, 0.29) is 12.2 Å². The third-order valence-corrected chi connectivity index (χ3v) is 5.72. The summed E-state index contributed by atoms with van der Waals surface area (Å²) in [6, 6.07) is 8.77. The van der Waals surface area contributed by atoms with Crippen molar-refractivity contribution in [2.75, 3.05) is 10.6 Å². The molecule has 0 aliphatic carbocycles. The zero-order valence-corrected chi connectivity index (χ0v) is 17.5. The van der Waals surface area contributed by atoms with Gasteiger partial charge in [-0.2, -0.15) is 13.2 Å². The fourth-order valence-electron chi connectivity index (χ4n) is 2.84. The normalized spacial score (nSPS) is 13.1. The lowest BCUT2D eigenvalue weighted by atomic mass is 10.1. The van der Waals surface area contributed by atoms with E-state index in [1.165, 1.54) is 6.92 Å². The van der Waals surface area contributed by atoms with Crippen molar-refractivity contribution in [3.63, 3.8) is 0 Å². The van der Waals surface area contributed by atoms with Crippen LogP contribution in [-0.4, -0.2) is 26.6 Å². The number of carbonyl (C=O) groups excluding carboxylic acids is 1. The van der Waals surface area contributed by atoms with Crippen LogP contribution in [0, 0.1) is 6.92 Å². The van der Waals surface area contributed by atoms with E-state index in [1.807, 2.05) is 25.1 Å². The fraction of sp³-hybridized carbons (Fsp3) is 0.316. The maximum absolute atomic E-state index is 13.2. The summed E-state index contributed by atoms with van der Waals surface area (Å²) in [7, 11) is -4.06. The minimum Gasteiger partial charge on any atom is -0.350 e. The van der Waals surface area contributed by atoms with E-state index in [4.69, 9.17) is 11.6 Å². The maximum Gasteiger partial charge on any atom is 0.417 e. The molecule has 0 unspecified atom stereocenters. The minimum atomic E-state index is -4.77. The fourth-order valence-corrected chi connectivity index (χ4v) is 4.23. The second-order valence-electron chi connectivity index (χ2n) is 6.60. The van der Waals surface area contributed by atoms with Crippen LogP contribution in [0.2, 0.25) is 5.02 Å². The number of carbonyl (C=O) groups is 1. The molecule has 2 aromatic carbocycles. The van der Waals surface area contributed by atoms with Crippen molar-refractivity contribution in [1.29, 1.82) is 0 Å². The molecular formula is C19H20ClF3N2O3S. The van der Waals surface area contributed by atoms with Crippen LogP contribution in [0.4, 0.5) is 18.9 Å². The molecule has 1 amide bonds. The van der Waals surface area contributed by atoms with Crippen LogP contribution in [0.1, 0.15) is 23.6 Å². The van der Waals surface area contributed by atoms with Gasteiger partial charge in [-0.1, -0.05) is 41.4 Å². The molecule has 1 atom stereocenters. The lowest BCUT2D eigenvalue weighted by Gasteiger charge is -2.29. The van der Waals surface area contributed by atoms with Crippen LogP contribution < -0.4 is 9.62 Å². The Labute approximate surface area is 172 Å². The van der Waals surface area contributed by atoms with Gasteiger partial charge in [0.05, 0.1) is 22.5 Å². The average molecular weight is 449 g/mol. The summed E-state index contributed by atoms with van der Waals surface area (Å²) in [5.41, 5.74) is 0.311. The van der Waals surface area contributed by atoms with Crippen LogP contribution in [0.25, 0.3) is 0 Å². The van der Waals surface area contributed by atoms with Crippen LogP contribution in [0.3, 0.4) is 0 Å². The van der Waals surface area contributed by atoms with E-state index in [9.17, 15) is 26.4 Å². The van der Waals surface area contributed by atoms with Crippen molar-refractivity contribution < 1.29 is 26.4 Å². The summed E-state index contributed by atoms with van der Waals surface area (Å²) < 4.78 is 64.7. The number of nitrogens with zero attached hydrogens (tertiary/aromatic N) is 1. The molecule has 0 bridgehead atoms. The molecule has 1 N–H and O–H groups in total. The van der Waals surface area contributed by atoms with Gasteiger partial charge in [0.2, 0.25) is 15.9 Å². The number of hydrogen-bond donors (Lipinski definition) is 1. The highest BCUT2D eigenvalue weighted by Crippen LogP contribution is 2.37. The van der Waals surface area contributed by atoms with E-state index >= 15 is 0 Å². The number of rotatable bonds is 6. The predicted octanol–water partition coefficient (Wildman–Crippen LogP) is 4.14. The number of benzene rings is 2. The van der Waals surface area contributed by atoms with Crippen LogP contribution >= 0.6 is 11.6 Å². The Morgan fingerprint density at radius 2 is 1.86 bits per heavy atom. The molecule has 29 heavy (non-hydrogen) atoms. The maximum atomic E-state index is 13.2. The number of nitrogens with one attached hydrogen (secondary N) is 1. The topological polar surface area (TPSA) is 66.5 Å². The number of anilines is 1. The summed E-state index contributed by atoms with van der Waals surface area (Å²) in [6.45, 7) is 3.34. The number of sulfonamides is 1. The molecular weight excluding hydrogens is 429 g/mol. The summed E-state index contributed by atoms with van der Waals surface area (Å²) in [6.07, 6.45) is -3.95. The lowest BCUT2D eigenvalue weighted by Crippen LogP contribution is -2.47. The van der Waals surface area contributed by atoms with Gasteiger partial charge in [0.25, 0.3) is 0 Å². The first kappa shape index (κ1) is 23.0. The molecule has 0 saturated carbocycles. The van der Waals surface area contributed by atoms with Gasteiger partial charge in [0.15, 0.2) is 0 Å². The quantitative estimate of drug-likeness (QED) is 0.722. The monoisotopic (exact) mass is 448 g/mol. The number of alkyl halides is 3. The van der Waals surface area contributed by atoms with Gasteiger partial charge in [0, 0.05) is 6.54 Å². The molecule has 0 radical (unpaired) electrons. The van der Waals surface area contributed by atoms with E-state index in [2.05, 4.69) is 5.32 Å². The average Bonchev–Trinajstić information content (AvgIpc) is 2.59. The highest BCUT2D eigenvalue weighted by molar-refractivity contribution is 7.92. The Morgan fingerprint density at radius 3 is 2.41 bits per heavy atom. The van der Waals surface area contributed by atoms with Gasteiger partial charge < -0.3 is 5.32 Å². The zero-order valence-electron chi connectivity index (χ0n) is 15.9. The Bertz CT molecular complexity index is 1010. The van der Waals surface area contributed by atoms with Crippen molar-refractivity contribution in [1.82, 2.24) is 5.32 Å². The predicted molar refractivity (Wildman–Crippen MR) is 106 cm³/mol. The number of hydrogen-bond acceptors (Lipinski definition) is 3. The highest BCUT2D eigenvalue weighted by Gasteiger charge is 2.36. The molecule has 0 spiro atoms. The Kier molecular flexibility index (Phi) is 6.85. The van der Waals surface area contributed by atoms with Gasteiger partial charge in [-0.25, -0.2) is 8.42 Å². The molecule has 158 valence electrons. The number of aryl methyl sites for hydroxylation is 1. The van der Waals surface area contributed by atoms with Crippen molar-refractivity contribution in [3.8, 4) is 0 Å². The minimum absolute atomic E-state index is 0.150. The van der Waals surface area contributed by atoms with Crippen LogP contribution in [-0.2, 0) is 27.5 Å². The largest absolute Gasteiger partial charge is 0.417 e. The highest BCUT2D eigenvalue weighted by atomic mass is 35.5. The third-order valence-electron chi connectivity index (χ3n) is 4.15. The van der Waals surface area contributed by atoms with E-state index in [0.29, 0.717) is 10.4 Å². The summed E-state index contributed by atoms with van der Waals surface area (Å²) in [5, 5.41) is 2.05. The van der Waals surface area contributed by atoms with Crippen molar-refractivity contribution in [2.45, 2.75) is 32.6 Å². The summed E-state index contributed by atoms with van der Waals surface area (Å²) in [4.78, 5) is 12.5. The molecule has 0 aliphatic heterocycles. The second kappa shape index (κ2) is 8.62. The van der Waals surface area contributed by atoms with Crippen LogP contribution in [0.5, 0.6) is 0 Å². The SMILES string of the molecule is Cc1cccc(CNC(=O)[C@@H](C)N(c2ccc(Cl)c(C(F)(F)F)c2)S(C)(=O)=O)c1. The third kappa shape index (κ3) is 5.86. The molecule has 2 aromatic rings. The molecule has 0 aromatic heterocycles. The standard InChI is InChI=1S/C19H20ClF3N2O3S/c1-12-5-4-6-14(9-12)11-24-18(26)13(2)25(29(3,27)28)15-7-8-17(20)16(10-15)19(21,22)23/h4-10,13H,11H2,1-3H3,(H,24,26)/t13-/m1/s1. The molecule has 0 saturated heterocycles. The van der Waals surface area contributed by atoms with E-state index in [1.54, 1.807) is 6.07 Å². The van der Waals surface area contributed by atoms with Gasteiger partial charge in [-0.3, -0.25) is 9.10 Å². The lowest BCUT2D eigenvalue weighted by molar-refractivity contribution is -0.137. The first-order chi connectivity index (χ1) is 13.3. The first-order valence-corrected chi connectivity index (χ1v) is 10.7. The molecule has 0 fully saturated rings. The molecule has 5 nitrogen and oxygen atoms in total. The summed E-state index contributed by atoms with van der Waals surface area (Å²) >= 11 is 5.60. The molecule has 2 rings (SSSR count). The number of amides is 1. The van der Waals surface area contributed by atoms with Crippen molar-refractivity contribution in [2.24, 2.45) is 0 Å².